The Bertz CT molecular complexity index is 384. The van der Waals surface area contributed by atoms with Crippen molar-refractivity contribution in [3.8, 4) is 11.5 Å². The predicted molar refractivity (Wildman–Crippen MR) is 75.5 cm³/mol. The molecule has 0 bridgehead atoms. The zero-order valence-electron chi connectivity index (χ0n) is 12.1. The third-order valence-corrected chi connectivity index (χ3v) is 3.87. The molecule has 1 aliphatic rings. The fourth-order valence-electron chi connectivity index (χ4n) is 3.12. The molecule has 1 saturated carbocycles. The second-order valence-corrected chi connectivity index (χ2v) is 5.76. The van der Waals surface area contributed by atoms with Crippen LogP contribution in [0.4, 0.5) is 0 Å². The monoisotopic (exact) mass is 264 g/mol. The van der Waals surface area contributed by atoms with Gasteiger partial charge in [0, 0.05) is 5.56 Å². The minimum absolute atomic E-state index is 0.0235. The first-order valence-electron chi connectivity index (χ1n) is 7.07. The van der Waals surface area contributed by atoms with Crippen molar-refractivity contribution in [1.82, 2.24) is 0 Å². The Hall–Kier alpha value is -1.22. The van der Waals surface area contributed by atoms with Crippen LogP contribution in [0.3, 0.4) is 0 Å². The van der Waals surface area contributed by atoms with Gasteiger partial charge in [0.15, 0.2) is 11.5 Å². The van der Waals surface area contributed by atoms with Gasteiger partial charge in [0.1, 0.15) is 0 Å². The lowest BCUT2D eigenvalue weighted by Crippen LogP contribution is -2.29. The molecule has 2 unspecified atom stereocenters. The highest BCUT2D eigenvalue weighted by atomic mass is 16.5. The molecule has 2 rings (SSSR count). The summed E-state index contributed by atoms with van der Waals surface area (Å²) >= 11 is 0. The Labute approximate surface area is 115 Å². The lowest BCUT2D eigenvalue weighted by atomic mass is 9.82. The molecule has 3 nitrogen and oxygen atoms in total. The first-order valence-corrected chi connectivity index (χ1v) is 7.07. The first kappa shape index (κ1) is 14.2. The third-order valence-electron chi connectivity index (χ3n) is 3.87. The maximum atomic E-state index is 9.44. The van der Waals surface area contributed by atoms with Gasteiger partial charge in [-0.05, 0) is 37.2 Å². The summed E-state index contributed by atoms with van der Waals surface area (Å²) in [6, 6.07) is 5.64. The largest absolute Gasteiger partial charge is 0.493 e. The first-order chi connectivity index (χ1) is 9.13. The summed E-state index contributed by atoms with van der Waals surface area (Å²) in [7, 11) is 1.63. The molecule has 2 atom stereocenters. The summed E-state index contributed by atoms with van der Waals surface area (Å²) < 4.78 is 11.5. The quantitative estimate of drug-likeness (QED) is 0.906. The molecule has 3 heteroatoms. The van der Waals surface area contributed by atoms with Crippen molar-refractivity contribution in [3.05, 3.63) is 23.8 Å². The van der Waals surface area contributed by atoms with Crippen molar-refractivity contribution in [1.29, 1.82) is 0 Å². The van der Waals surface area contributed by atoms with Gasteiger partial charge in [-0.3, -0.25) is 0 Å². The second-order valence-electron chi connectivity index (χ2n) is 5.76. The highest BCUT2D eigenvalue weighted by Crippen LogP contribution is 2.36. The zero-order valence-corrected chi connectivity index (χ0v) is 12.1. The van der Waals surface area contributed by atoms with Crippen molar-refractivity contribution < 1.29 is 14.6 Å². The number of para-hydroxylation sites is 1. The van der Waals surface area contributed by atoms with Crippen LogP contribution in [0, 0.1) is 11.8 Å². The molecule has 0 spiro atoms. The van der Waals surface area contributed by atoms with Crippen molar-refractivity contribution in [2.24, 2.45) is 11.8 Å². The number of aliphatic hydroxyl groups is 1. The van der Waals surface area contributed by atoms with Gasteiger partial charge in [-0.15, -0.1) is 0 Å². The van der Waals surface area contributed by atoms with Gasteiger partial charge in [0.25, 0.3) is 0 Å². The summed E-state index contributed by atoms with van der Waals surface area (Å²) in [6.07, 6.45) is 3.65. The predicted octanol–water partition coefficient (Wildman–Crippen LogP) is 3.39. The average molecular weight is 264 g/mol. The fraction of sp³-hybridized carbons (Fsp3) is 0.625. The smallest absolute Gasteiger partial charge is 0.167 e. The maximum absolute atomic E-state index is 9.44. The van der Waals surface area contributed by atoms with E-state index in [1.807, 2.05) is 18.2 Å². The van der Waals surface area contributed by atoms with Gasteiger partial charge in [-0.25, -0.2) is 0 Å². The number of benzene rings is 1. The SMILES string of the molecule is COc1cccc(CO)c1OC1CC(C)CC(C)C1. The lowest BCUT2D eigenvalue weighted by Gasteiger charge is -2.32. The van der Waals surface area contributed by atoms with Crippen LogP contribution in [0.25, 0.3) is 0 Å². The van der Waals surface area contributed by atoms with Crippen molar-refractivity contribution >= 4 is 0 Å². The summed E-state index contributed by atoms with van der Waals surface area (Å²) in [4.78, 5) is 0. The highest BCUT2D eigenvalue weighted by Gasteiger charge is 2.26. The Morgan fingerprint density at radius 3 is 2.42 bits per heavy atom. The number of methoxy groups -OCH3 is 1. The number of ether oxygens (including phenoxy) is 2. The summed E-state index contributed by atoms with van der Waals surface area (Å²) in [5.74, 6) is 2.80. The van der Waals surface area contributed by atoms with E-state index in [-0.39, 0.29) is 12.7 Å². The van der Waals surface area contributed by atoms with Gasteiger partial charge >= 0.3 is 0 Å². The lowest BCUT2D eigenvalue weighted by molar-refractivity contribution is 0.0953. The van der Waals surface area contributed by atoms with Crippen LogP contribution in [0.2, 0.25) is 0 Å². The maximum Gasteiger partial charge on any atom is 0.167 e. The van der Waals surface area contributed by atoms with Gasteiger partial charge < -0.3 is 14.6 Å². The Morgan fingerprint density at radius 1 is 1.16 bits per heavy atom. The van der Waals surface area contributed by atoms with Crippen LogP contribution in [-0.2, 0) is 6.61 Å². The molecule has 1 N–H and O–H groups in total. The molecule has 1 aliphatic carbocycles. The summed E-state index contributed by atoms with van der Waals surface area (Å²) in [6.45, 7) is 4.53. The van der Waals surface area contributed by atoms with E-state index in [0.29, 0.717) is 23.3 Å². The summed E-state index contributed by atoms with van der Waals surface area (Å²) in [5.41, 5.74) is 0.797. The molecule has 0 aliphatic heterocycles. The minimum Gasteiger partial charge on any atom is -0.493 e. The third kappa shape index (κ3) is 3.41. The molecule has 0 saturated heterocycles. The van der Waals surface area contributed by atoms with Crippen molar-refractivity contribution in [3.63, 3.8) is 0 Å². The van der Waals surface area contributed by atoms with E-state index in [1.165, 1.54) is 6.42 Å². The molecule has 0 heterocycles. The van der Waals surface area contributed by atoms with Crippen LogP contribution in [-0.4, -0.2) is 18.3 Å². The molecule has 1 fully saturated rings. The van der Waals surface area contributed by atoms with Crippen LogP contribution >= 0.6 is 0 Å². The Kier molecular flexibility index (Phi) is 4.70. The van der Waals surface area contributed by atoms with E-state index in [0.717, 1.165) is 18.4 Å². The van der Waals surface area contributed by atoms with Crippen LogP contribution in [0.1, 0.15) is 38.7 Å². The standard InChI is InChI=1S/C16H24O3/c1-11-7-12(2)9-14(8-11)19-16-13(10-17)5-4-6-15(16)18-3/h4-6,11-12,14,17H,7-10H2,1-3H3. The number of hydrogen-bond donors (Lipinski definition) is 1. The second kappa shape index (κ2) is 6.29. The van der Waals surface area contributed by atoms with E-state index in [1.54, 1.807) is 7.11 Å². The average Bonchev–Trinajstić information content (AvgIpc) is 2.37. The summed E-state index contributed by atoms with van der Waals surface area (Å²) in [5, 5.41) is 9.44. The van der Waals surface area contributed by atoms with E-state index >= 15 is 0 Å². The van der Waals surface area contributed by atoms with Gasteiger partial charge in [-0.2, -0.15) is 0 Å². The van der Waals surface area contributed by atoms with E-state index < -0.39 is 0 Å². The number of aliphatic hydroxyl groups excluding tert-OH is 1. The van der Waals surface area contributed by atoms with Crippen molar-refractivity contribution in [2.75, 3.05) is 7.11 Å². The molecular formula is C16H24O3. The fourth-order valence-corrected chi connectivity index (χ4v) is 3.12. The van der Waals surface area contributed by atoms with Gasteiger partial charge in [0.2, 0.25) is 0 Å². The van der Waals surface area contributed by atoms with Gasteiger partial charge in [-0.1, -0.05) is 26.0 Å². The molecule has 106 valence electrons. The van der Waals surface area contributed by atoms with Crippen molar-refractivity contribution in [2.45, 2.75) is 45.8 Å². The zero-order chi connectivity index (χ0) is 13.8. The number of rotatable bonds is 4. The molecule has 0 amide bonds. The molecule has 19 heavy (non-hydrogen) atoms. The van der Waals surface area contributed by atoms with E-state index in [2.05, 4.69) is 13.8 Å². The van der Waals surface area contributed by atoms with E-state index in [4.69, 9.17) is 9.47 Å². The molecular weight excluding hydrogens is 240 g/mol. The van der Waals surface area contributed by atoms with Crippen LogP contribution in [0.5, 0.6) is 11.5 Å². The normalized spacial score (nSPS) is 27.1. The topological polar surface area (TPSA) is 38.7 Å². The molecule has 0 radical (unpaired) electrons. The Morgan fingerprint density at radius 2 is 1.84 bits per heavy atom. The molecule has 1 aromatic rings. The molecule has 0 aromatic heterocycles. The Balaban J connectivity index is 2.17. The number of hydrogen-bond acceptors (Lipinski definition) is 3. The molecule has 1 aromatic carbocycles. The van der Waals surface area contributed by atoms with Gasteiger partial charge in [0.05, 0.1) is 19.8 Å². The van der Waals surface area contributed by atoms with Crippen LogP contribution < -0.4 is 9.47 Å². The highest BCUT2D eigenvalue weighted by molar-refractivity contribution is 5.46. The van der Waals surface area contributed by atoms with Crippen LogP contribution in [0.15, 0.2) is 18.2 Å². The van der Waals surface area contributed by atoms with E-state index in [9.17, 15) is 5.11 Å². The minimum atomic E-state index is -0.0235.